The Balaban J connectivity index is 1.81. The molecule has 3 rings (SSSR count). The Hall–Kier alpha value is -1.53. The van der Waals surface area contributed by atoms with E-state index in [9.17, 15) is 0 Å². The van der Waals surface area contributed by atoms with Crippen LogP contribution in [0.4, 0.5) is 11.9 Å². The Kier molecular flexibility index (Phi) is 4.45. The standard InChI is InChI=1S/C14H16ClN5S/c15-10-4-6-11(7-5-10)21-14-18-12(16)17-13(19-14)20-8-2-1-3-9-20/h4-7H,1-3,8-9H2,(H2,16,17,18,19). The molecule has 0 aliphatic carbocycles. The predicted molar refractivity (Wildman–Crippen MR) is 85.9 cm³/mol. The Labute approximate surface area is 132 Å². The molecule has 0 atom stereocenters. The number of nitrogen functional groups attached to an aromatic ring is 1. The van der Waals surface area contributed by atoms with Gasteiger partial charge < -0.3 is 10.6 Å². The lowest BCUT2D eigenvalue weighted by atomic mass is 10.1. The summed E-state index contributed by atoms with van der Waals surface area (Å²) in [5.74, 6) is 0.945. The van der Waals surface area contributed by atoms with Gasteiger partial charge in [-0.05, 0) is 55.3 Å². The first-order chi connectivity index (χ1) is 10.2. The van der Waals surface area contributed by atoms with Crippen LogP contribution in [0.15, 0.2) is 34.3 Å². The molecule has 1 aliphatic heterocycles. The summed E-state index contributed by atoms with van der Waals surface area (Å²) in [5, 5.41) is 1.33. The zero-order chi connectivity index (χ0) is 14.7. The minimum absolute atomic E-state index is 0.266. The molecule has 21 heavy (non-hydrogen) atoms. The van der Waals surface area contributed by atoms with Crippen LogP contribution in [0.2, 0.25) is 5.02 Å². The largest absolute Gasteiger partial charge is 0.368 e. The Morgan fingerprint density at radius 1 is 1.00 bits per heavy atom. The summed E-state index contributed by atoms with van der Waals surface area (Å²) in [6, 6.07) is 7.57. The highest BCUT2D eigenvalue weighted by Crippen LogP contribution is 2.27. The maximum atomic E-state index is 5.89. The van der Waals surface area contributed by atoms with Crippen LogP contribution >= 0.6 is 23.4 Å². The van der Waals surface area contributed by atoms with Crippen LogP contribution in [0.5, 0.6) is 0 Å². The molecule has 1 fully saturated rings. The smallest absolute Gasteiger partial charge is 0.231 e. The van der Waals surface area contributed by atoms with E-state index in [1.54, 1.807) is 0 Å². The Bertz CT molecular complexity index is 613. The second-order valence-corrected chi connectivity index (χ2v) is 6.36. The summed E-state index contributed by atoms with van der Waals surface area (Å²) >= 11 is 7.35. The first kappa shape index (κ1) is 14.4. The van der Waals surface area contributed by atoms with Crippen LogP contribution < -0.4 is 10.6 Å². The number of anilines is 2. The van der Waals surface area contributed by atoms with Crippen molar-refractivity contribution in [2.45, 2.75) is 29.3 Å². The van der Waals surface area contributed by atoms with Gasteiger partial charge >= 0.3 is 0 Å². The van der Waals surface area contributed by atoms with Gasteiger partial charge in [0.1, 0.15) is 0 Å². The number of benzene rings is 1. The van der Waals surface area contributed by atoms with Crippen molar-refractivity contribution in [3.63, 3.8) is 0 Å². The maximum Gasteiger partial charge on any atom is 0.231 e. The van der Waals surface area contributed by atoms with Crippen molar-refractivity contribution >= 4 is 35.3 Å². The van der Waals surface area contributed by atoms with Gasteiger partial charge in [-0.1, -0.05) is 11.6 Å². The van der Waals surface area contributed by atoms with Crippen molar-refractivity contribution in [1.29, 1.82) is 0 Å². The molecule has 1 aromatic carbocycles. The Morgan fingerprint density at radius 2 is 1.71 bits per heavy atom. The third-order valence-electron chi connectivity index (χ3n) is 3.28. The van der Waals surface area contributed by atoms with Crippen molar-refractivity contribution in [2.75, 3.05) is 23.7 Å². The first-order valence-electron chi connectivity index (χ1n) is 6.90. The molecule has 7 heteroatoms. The summed E-state index contributed by atoms with van der Waals surface area (Å²) in [5.41, 5.74) is 5.82. The molecule has 0 spiro atoms. The molecule has 1 saturated heterocycles. The molecule has 2 aromatic rings. The molecule has 1 aliphatic rings. The fourth-order valence-corrected chi connectivity index (χ4v) is 3.13. The predicted octanol–water partition coefficient (Wildman–Crippen LogP) is 3.25. The normalized spacial score (nSPS) is 15.2. The van der Waals surface area contributed by atoms with Crippen LogP contribution in [0.25, 0.3) is 0 Å². The van der Waals surface area contributed by atoms with Gasteiger partial charge in [-0.2, -0.15) is 15.0 Å². The van der Waals surface area contributed by atoms with Gasteiger partial charge in [-0.3, -0.25) is 0 Å². The molecule has 0 unspecified atom stereocenters. The van der Waals surface area contributed by atoms with Crippen molar-refractivity contribution in [3.8, 4) is 0 Å². The summed E-state index contributed by atoms with van der Waals surface area (Å²) in [7, 11) is 0. The number of nitrogens with two attached hydrogens (primary N) is 1. The molecule has 0 amide bonds. The fourth-order valence-electron chi connectivity index (χ4n) is 2.25. The number of hydrogen-bond donors (Lipinski definition) is 1. The zero-order valence-corrected chi connectivity index (χ0v) is 13.1. The van der Waals surface area contributed by atoms with E-state index in [4.69, 9.17) is 17.3 Å². The van der Waals surface area contributed by atoms with E-state index in [1.165, 1.54) is 31.0 Å². The van der Waals surface area contributed by atoms with Crippen LogP contribution in [-0.2, 0) is 0 Å². The van der Waals surface area contributed by atoms with E-state index >= 15 is 0 Å². The van der Waals surface area contributed by atoms with E-state index in [1.807, 2.05) is 24.3 Å². The van der Waals surface area contributed by atoms with E-state index in [0.717, 1.165) is 18.0 Å². The quantitative estimate of drug-likeness (QED) is 0.936. The van der Waals surface area contributed by atoms with Gasteiger partial charge in [0.05, 0.1) is 0 Å². The summed E-state index contributed by atoms with van der Waals surface area (Å²) in [4.78, 5) is 16.2. The van der Waals surface area contributed by atoms with Gasteiger partial charge in [0.15, 0.2) is 5.16 Å². The fraction of sp³-hybridized carbons (Fsp3) is 0.357. The van der Waals surface area contributed by atoms with Gasteiger partial charge in [0, 0.05) is 23.0 Å². The van der Waals surface area contributed by atoms with Crippen LogP contribution in [0, 0.1) is 0 Å². The minimum Gasteiger partial charge on any atom is -0.368 e. The lowest BCUT2D eigenvalue weighted by Crippen LogP contribution is -2.31. The average molecular weight is 322 g/mol. The van der Waals surface area contributed by atoms with Crippen molar-refractivity contribution in [3.05, 3.63) is 29.3 Å². The van der Waals surface area contributed by atoms with Crippen molar-refractivity contribution in [2.24, 2.45) is 0 Å². The van der Waals surface area contributed by atoms with Gasteiger partial charge in [-0.25, -0.2) is 0 Å². The minimum atomic E-state index is 0.266. The highest BCUT2D eigenvalue weighted by Gasteiger charge is 2.15. The number of nitrogens with zero attached hydrogens (tertiary/aromatic N) is 4. The molecule has 2 N–H and O–H groups in total. The maximum absolute atomic E-state index is 5.89. The molecule has 2 heterocycles. The third kappa shape index (κ3) is 3.77. The van der Waals surface area contributed by atoms with Crippen LogP contribution in [0.1, 0.15) is 19.3 Å². The second kappa shape index (κ2) is 6.49. The molecule has 110 valence electrons. The molecular weight excluding hydrogens is 306 g/mol. The van der Waals surface area contributed by atoms with Crippen molar-refractivity contribution in [1.82, 2.24) is 15.0 Å². The van der Waals surface area contributed by atoms with Gasteiger partial charge in [0.2, 0.25) is 11.9 Å². The molecule has 5 nitrogen and oxygen atoms in total. The second-order valence-electron chi connectivity index (χ2n) is 4.88. The summed E-state index contributed by atoms with van der Waals surface area (Å²) in [6.45, 7) is 1.96. The number of halogens is 1. The summed E-state index contributed by atoms with van der Waals surface area (Å²) in [6.07, 6.45) is 3.61. The topological polar surface area (TPSA) is 67.9 Å². The zero-order valence-electron chi connectivity index (χ0n) is 11.5. The lowest BCUT2D eigenvalue weighted by Gasteiger charge is -2.26. The molecular formula is C14H16ClN5S. The number of aromatic nitrogens is 3. The Morgan fingerprint density at radius 3 is 2.43 bits per heavy atom. The molecule has 0 radical (unpaired) electrons. The number of rotatable bonds is 3. The highest BCUT2D eigenvalue weighted by atomic mass is 35.5. The SMILES string of the molecule is Nc1nc(Sc2ccc(Cl)cc2)nc(N2CCCCC2)n1. The van der Waals surface area contributed by atoms with Crippen LogP contribution in [-0.4, -0.2) is 28.0 Å². The summed E-state index contributed by atoms with van der Waals surface area (Å²) < 4.78 is 0. The first-order valence-corrected chi connectivity index (χ1v) is 8.10. The highest BCUT2D eigenvalue weighted by molar-refractivity contribution is 7.99. The average Bonchev–Trinajstić information content (AvgIpc) is 2.50. The number of hydrogen-bond acceptors (Lipinski definition) is 6. The van der Waals surface area contributed by atoms with Crippen molar-refractivity contribution < 1.29 is 0 Å². The van der Waals surface area contributed by atoms with E-state index in [2.05, 4.69) is 19.9 Å². The van der Waals surface area contributed by atoms with Gasteiger partial charge in [-0.15, -0.1) is 0 Å². The monoisotopic (exact) mass is 321 g/mol. The third-order valence-corrected chi connectivity index (χ3v) is 4.41. The molecule has 0 bridgehead atoms. The van der Waals surface area contributed by atoms with Gasteiger partial charge in [0.25, 0.3) is 0 Å². The lowest BCUT2D eigenvalue weighted by molar-refractivity contribution is 0.565. The molecule has 1 aromatic heterocycles. The number of piperidine rings is 1. The van der Waals surface area contributed by atoms with Crippen LogP contribution in [0.3, 0.4) is 0 Å². The van der Waals surface area contributed by atoms with E-state index in [0.29, 0.717) is 16.1 Å². The van der Waals surface area contributed by atoms with E-state index < -0.39 is 0 Å². The van der Waals surface area contributed by atoms with E-state index in [-0.39, 0.29) is 5.95 Å². The molecule has 0 saturated carbocycles.